The third kappa shape index (κ3) is 4.35. The maximum Gasteiger partial charge on any atom is -1.00 e. The van der Waals surface area contributed by atoms with Crippen molar-refractivity contribution in [2.75, 3.05) is 0 Å². The molecule has 175 valence electrons. The van der Waals surface area contributed by atoms with Gasteiger partial charge in [0.1, 0.15) is 0 Å². The zero-order valence-electron chi connectivity index (χ0n) is 20.7. The Balaban J connectivity index is 0.000000199. The molecule has 0 radical (unpaired) electrons. The number of rotatable bonds is 2. The largest absolute Gasteiger partial charge is 1.00 e. The van der Waals surface area contributed by atoms with Gasteiger partial charge in [0.05, 0.1) is 8.07 Å². The zero-order chi connectivity index (χ0) is 22.8. The van der Waals surface area contributed by atoms with Gasteiger partial charge in [0.25, 0.3) is 0 Å². The van der Waals surface area contributed by atoms with E-state index in [4.69, 9.17) is 0 Å². The van der Waals surface area contributed by atoms with Gasteiger partial charge in [-0.05, 0) is 28.8 Å². The Morgan fingerprint density at radius 2 is 1.56 bits per heavy atom. The van der Waals surface area contributed by atoms with Crippen LogP contribution in [0.3, 0.4) is 0 Å². The van der Waals surface area contributed by atoms with Crippen LogP contribution in [0.4, 0.5) is 0 Å². The summed E-state index contributed by atoms with van der Waals surface area (Å²) >= 11 is 3.45. The number of hydrogen-bond acceptors (Lipinski definition) is 1. The maximum atomic E-state index is 2.50. The molecule has 0 saturated carbocycles. The van der Waals surface area contributed by atoms with Crippen LogP contribution in [0.25, 0.3) is 22.4 Å². The molecule has 0 nitrogen and oxygen atoms in total. The van der Waals surface area contributed by atoms with E-state index >= 15 is 0 Å². The van der Waals surface area contributed by atoms with Crippen LogP contribution in [0.1, 0.15) is 70.6 Å². The van der Waals surface area contributed by atoms with E-state index in [1.54, 1.807) is 46.6 Å². The predicted molar refractivity (Wildman–Crippen MR) is 139 cm³/mol. The number of fused-ring (bicyclic) bond motifs is 1. The summed E-state index contributed by atoms with van der Waals surface area (Å²) in [7, 11) is -0.976. The molecule has 0 spiro atoms. The molecule has 0 N–H and O–H groups in total. The van der Waals surface area contributed by atoms with Crippen LogP contribution in [0.15, 0.2) is 64.4 Å². The third-order valence-corrected chi connectivity index (χ3v) is 14.4. The predicted octanol–water partition coefficient (Wildman–Crippen LogP) is 2.91. The Morgan fingerprint density at radius 3 is 2.15 bits per heavy atom. The number of hydrogen-bond donors (Lipinski definition) is 0. The normalized spacial score (nSPS) is 20.3. The van der Waals surface area contributed by atoms with E-state index in [0.717, 1.165) is 5.54 Å². The molecule has 2 aliphatic carbocycles. The number of benzene rings is 2. The van der Waals surface area contributed by atoms with Gasteiger partial charge in [-0.3, -0.25) is 0 Å². The molecule has 3 aromatic rings. The standard InChI is InChI=1S/C19H19.C10H12SSi.2ClH.Zr/c1-13(2)15-7-9-16(10-8-15)18-6-4-5-17-11-14(3)12-19(17)18;1-6-9-7-4-11-5-8(7)10(6)12(9,2)3;;;/h4-13H,1-3H3;4-5,9H,1-3H3;2*1H;/q;;;;+2/p-2. The van der Waals surface area contributed by atoms with Crippen LogP contribution < -0.4 is 24.8 Å². The molecule has 4 aliphatic rings. The average Bonchev–Trinajstić information content (AvgIpc) is 3.45. The smallest absolute Gasteiger partial charge is 1.00 e. The summed E-state index contributed by atoms with van der Waals surface area (Å²) in [6.07, 6.45) is 2.38. The van der Waals surface area contributed by atoms with Crippen LogP contribution in [0.5, 0.6) is 0 Å². The molecule has 2 unspecified atom stereocenters. The SMILES string of the molecule is CC1=C2c3cscc3C1[Si]2(C)C.CC1=Cc2c(-c3ccc(C(C)C)cc3)cccc2[CH]1[Zr+2].[Cl-].[Cl-]. The van der Waals surface area contributed by atoms with Crippen molar-refractivity contribution in [2.45, 2.75) is 55.9 Å². The number of thiophene rings is 1. The first-order valence-corrected chi connectivity index (χ1v) is 17.1. The van der Waals surface area contributed by atoms with Gasteiger partial charge in [-0.1, -0.05) is 23.9 Å². The average molecular weight is 602 g/mol. The quantitative estimate of drug-likeness (QED) is 0.397. The summed E-state index contributed by atoms with van der Waals surface area (Å²) < 4.78 is 0.645. The first kappa shape index (κ1) is 27.9. The van der Waals surface area contributed by atoms with Gasteiger partial charge in [-0.25, -0.2) is 0 Å². The first-order valence-electron chi connectivity index (χ1n) is 11.6. The molecule has 1 aromatic heterocycles. The summed E-state index contributed by atoms with van der Waals surface area (Å²) in [5.41, 5.74) is 14.4. The molecule has 2 atom stereocenters. The van der Waals surface area contributed by atoms with Gasteiger partial charge >= 0.3 is 137 Å². The second-order valence-corrected chi connectivity index (χ2v) is 17.0. The topological polar surface area (TPSA) is 0 Å². The van der Waals surface area contributed by atoms with E-state index in [0.29, 0.717) is 9.54 Å². The molecule has 3 heterocycles. The summed E-state index contributed by atoms with van der Waals surface area (Å²) in [6, 6.07) is 15.8. The summed E-state index contributed by atoms with van der Waals surface area (Å²) in [6.45, 7) is 14.1. The molecule has 7 rings (SSSR count). The van der Waals surface area contributed by atoms with E-state index in [1.807, 2.05) is 11.3 Å². The van der Waals surface area contributed by atoms with Gasteiger partial charge < -0.3 is 24.8 Å². The van der Waals surface area contributed by atoms with Crippen LogP contribution >= 0.6 is 11.3 Å². The second kappa shape index (κ2) is 10.3. The van der Waals surface area contributed by atoms with Crippen molar-refractivity contribution >= 4 is 30.7 Å². The summed E-state index contributed by atoms with van der Waals surface area (Å²) in [5, 5.41) is 6.47. The Labute approximate surface area is 237 Å². The molecular weight excluding hydrogens is 571 g/mol. The van der Waals surface area contributed by atoms with Gasteiger partial charge in [-0.15, -0.1) is 0 Å². The summed E-state index contributed by atoms with van der Waals surface area (Å²) in [4.78, 5) is 0. The van der Waals surface area contributed by atoms with Crippen molar-refractivity contribution in [1.29, 1.82) is 0 Å². The van der Waals surface area contributed by atoms with Crippen molar-refractivity contribution in [2.24, 2.45) is 0 Å². The van der Waals surface area contributed by atoms with Crippen LogP contribution in [0, 0.1) is 0 Å². The number of allylic oxidation sites excluding steroid dienone is 2. The first-order chi connectivity index (χ1) is 15.2. The van der Waals surface area contributed by atoms with E-state index in [9.17, 15) is 0 Å². The molecule has 0 saturated heterocycles. The van der Waals surface area contributed by atoms with E-state index in [-0.39, 0.29) is 24.8 Å². The Hall–Kier alpha value is -0.700. The van der Waals surface area contributed by atoms with Crippen LogP contribution in [-0.4, -0.2) is 8.07 Å². The Morgan fingerprint density at radius 1 is 0.882 bits per heavy atom. The molecule has 0 fully saturated rings. The fourth-order valence-electron chi connectivity index (χ4n) is 6.03. The Bertz CT molecular complexity index is 1270. The van der Waals surface area contributed by atoms with Gasteiger partial charge in [-0.2, -0.15) is 11.3 Å². The van der Waals surface area contributed by atoms with Crippen molar-refractivity contribution in [3.63, 3.8) is 0 Å². The third-order valence-electron chi connectivity index (χ3n) is 7.63. The Kier molecular flexibility index (Phi) is 8.49. The second-order valence-electron chi connectivity index (χ2n) is 10.4. The van der Waals surface area contributed by atoms with Gasteiger partial charge in [0.2, 0.25) is 0 Å². The van der Waals surface area contributed by atoms with E-state index < -0.39 is 8.07 Å². The van der Waals surface area contributed by atoms with E-state index in [1.165, 1.54) is 33.4 Å². The van der Waals surface area contributed by atoms with Gasteiger partial charge in [0, 0.05) is 5.54 Å². The van der Waals surface area contributed by atoms with Crippen molar-refractivity contribution in [3.8, 4) is 11.1 Å². The summed E-state index contributed by atoms with van der Waals surface area (Å²) in [5.74, 6) is 0.594. The molecule has 5 heteroatoms. The zero-order valence-corrected chi connectivity index (χ0v) is 26.5. The molecule has 2 aliphatic heterocycles. The molecule has 2 bridgehead atoms. The van der Waals surface area contributed by atoms with Crippen LogP contribution in [-0.2, 0) is 24.7 Å². The van der Waals surface area contributed by atoms with Crippen molar-refractivity contribution < 1.29 is 49.5 Å². The molecule has 34 heavy (non-hydrogen) atoms. The van der Waals surface area contributed by atoms with E-state index in [2.05, 4.69) is 100 Å². The minimum Gasteiger partial charge on any atom is -1.00 e. The van der Waals surface area contributed by atoms with Gasteiger partial charge in [0.15, 0.2) is 0 Å². The van der Waals surface area contributed by atoms with Crippen molar-refractivity contribution in [1.82, 2.24) is 0 Å². The molecular formula is C29H31Cl2SSiZr. The molecule has 2 aromatic carbocycles. The monoisotopic (exact) mass is 599 g/mol. The minimum atomic E-state index is -0.976. The minimum absolute atomic E-state index is 0. The fourth-order valence-corrected chi connectivity index (χ4v) is 12.3. The number of halogens is 2. The fraction of sp³-hybridized carbons (Fsp3) is 0.310. The van der Waals surface area contributed by atoms with Crippen LogP contribution in [0.2, 0.25) is 13.1 Å². The maximum absolute atomic E-state index is 2.50. The molecule has 0 amide bonds. The van der Waals surface area contributed by atoms with Crippen molar-refractivity contribution in [3.05, 3.63) is 92.2 Å².